The number of carboxylic acids is 1. The van der Waals surface area contributed by atoms with Crippen molar-refractivity contribution in [2.24, 2.45) is 5.92 Å². The monoisotopic (exact) mass is 203 g/mol. The largest absolute Gasteiger partial charge is 0.481 e. The molecular formula is C9H17NO4. The fourth-order valence-corrected chi connectivity index (χ4v) is 2.77. The van der Waals surface area contributed by atoms with Crippen LogP contribution in [0.15, 0.2) is 0 Å². The first-order valence-electron chi connectivity index (χ1n) is 4.74. The maximum Gasteiger partial charge on any atom is 0.310 e. The number of aliphatic carboxylic acids is 1. The fraction of sp³-hybridized carbons (Fsp3) is 0.889. The van der Waals surface area contributed by atoms with Gasteiger partial charge in [-0.1, -0.05) is 0 Å². The summed E-state index contributed by atoms with van der Waals surface area (Å²) in [7, 11) is 1.96. The smallest absolute Gasteiger partial charge is 0.310 e. The summed E-state index contributed by atoms with van der Waals surface area (Å²) < 4.78 is 0. The number of nitrogens with zero attached hydrogens (tertiary/aromatic N) is 1. The molecule has 2 rings (SSSR count). The summed E-state index contributed by atoms with van der Waals surface area (Å²) >= 11 is 0. The molecule has 4 atom stereocenters. The van der Waals surface area contributed by atoms with E-state index in [1.54, 1.807) is 0 Å². The molecule has 3 unspecified atom stereocenters. The fourth-order valence-electron chi connectivity index (χ4n) is 2.77. The normalized spacial score (nSPS) is 41.9. The van der Waals surface area contributed by atoms with Gasteiger partial charge in [-0.25, -0.2) is 0 Å². The molecule has 82 valence electrons. The first kappa shape index (κ1) is 11.4. The zero-order valence-electron chi connectivity index (χ0n) is 8.18. The van der Waals surface area contributed by atoms with Crippen LogP contribution < -0.4 is 0 Å². The van der Waals surface area contributed by atoms with Gasteiger partial charge >= 0.3 is 5.97 Å². The molecule has 0 spiro atoms. The second-order valence-corrected chi connectivity index (χ2v) is 4.13. The van der Waals surface area contributed by atoms with Gasteiger partial charge in [0.15, 0.2) is 0 Å². The summed E-state index contributed by atoms with van der Waals surface area (Å²) in [5.74, 6) is -1.44. The van der Waals surface area contributed by atoms with E-state index in [0.29, 0.717) is 12.5 Å². The van der Waals surface area contributed by atoms with Crippen LogP contribution in [0.1, 0.15) is 19.3 Å². The van der Waals surface area contributed by atoms with Crippen LogP contribution in [0.25, 0.3) is 0 Å². The molecule has 0 aromatic rings. The first-order valence-corrected chi connectivity index (χ1v) is 4.74. The van der Waals surface area contributed by atoms with Crippen LogP contribution in [0.2, 0.25) is 0 Å². The number of rotatable bonds is 1. The lowest BCUT2D eigenvalue weighted by atomic mass is 9.88. The third kappa shape index (κ3) is 1.51. The lowest BCUT2D eigenvalue weighted by Gasteiger charge is -2.38. The van der Waals surface area contributed by atoms with Gasteiger partial charge in [0.2, 0.25) is 0 Å². The molecule has 0 aliphatic carbocycles. The van der Waals surface area contributed by atoms with Crippen molar-refractivity contribution in [3.05, 3.63) is 0 Å². The Hall–Kier alpha value is -0.650. The van der Waals surface area contributed by atoms with Crippen LogP contribution in [0.5, 0.6) is 0 Å². The van der Waals surface area contributed by atoms with Gasteiger partial charge in [0.25, 0.3) is 0 Å². The average Bonchev–Trinajstić information content (AvgIpc) is 2.34. The first-order chi connectivity index (χ1) is 6.11. The second-order valence-electron chi connectivity index (χ2n) is 4.13. The highest BCUT2D eigenvalue weighted by molar-refractivity contribution is 5.72. The molecule has 2 fully saturated rings. The van der Waals surface area contributed by atoms with E-state index in [0.717, 1.165) is 12.8 Å². The van der Waals surface area contributed by atoms with Crippen molar-refractivity contribution in [3.63, 3.8) is 0 Å². The minimum absolute atomic E-state index is 0. The standard InChI is InChI=1S/C9H15NO3.H2O/c1-10-5-2-3-6(10)8(9(12)13)7(11)4-5;/h5-8,11H,2-4H2,1H3,(H,12,13);1H2/t5?,6?,7-,8?;/m0./s1. The van der Waals surface area contributed by atoms with Gasteiger partial charge in [-0.3, -0.25) is 9.69 Å². The van der Waals surface area contributed by atoms with E-state index in [2.05, 4.69) is 4.90 Å². The molecule has 0 radical (unpaired) electrons. The maximum atomic E-state index is 10.9. The lowest BCUT2D eigenvalue weighted by Crippen LogP contribution is -2.51. The third-order valence-corrected chi connectivity index (χ3v) is 3.52. The predicted molar refractivity (Wildman–Crippen MR) is 49.9 cm³/mol. The molecule has 2 bridgehead atoms. The van der Waals surface area contributed by atoms with Crippen molar-refractivity contribution < 1.29 is 20.5 Å². The van der Waals surface area contributed by atoms with Crippen LogP contribution >= 0.6 is 0 Å². The van der Waals surface area contributed by atoms with Crippen molar-refractivity contribution in [1.29, 1.82) is 0 Å². The quantitative estimate of drug-likeness (QED) is 0.577. The van der Waals surface area contributed by atoms with Crippen LogP contribution in [0, 0.1) is 5.92 Å². The van der Waals surface area contributed by atoms with E-state index in [1.807, 2.05) is 7.05 Å². The number of aliphatic hydroxyl groups is 1. The lowest BCUT2D eigenvalue weighted by molar-refractivity contribution is -0.151. The summed E-state index contributed by atoms with van der Waals surface area (Å²) in [5.41, 5.74) is 0. The highest BCUT2D eigenvalue weighted by Gasteiger charge is 2.48. The van der Waals surface area contributed by atoms with Gasteiger partial charge in [0.05, 0.1) is 12.0 Å². The number of hydrogen-bond donors (Lipinski definition) is 2. The zero-order valence-corrected chi connectivity index (χ0v) is 8.18. The summed E-state index contributed by atoms with van der Waals surface area (Å²) in [6.07, 6.45) is 1.91. The highest BCUT2D eigenvalue weighted by Crippen LogP contribution is 2.38. The summed E-state index contributed by atoms with van der Waals surface area (Å²) in [6.45, 7) is 0. The molecule has 2 heterocycles. The van der Waals surface area contributed by atoms with Crippen LogP contribution in [-0.2, 0) is 4.79 Å². The van der Waals surface area contributed by atoms with E-state index in [1.165, 1.54) is 0 Å². The summed E-state index contributed by atoms with van der Waals surface area (Å²) in [5, 5.41) is 18.6. The van der Waals surface area contributed by atoms with Gasteiger partial charge in [0, 0.05) is 12.1 Å². The van der Waals surface area contributed by atoms with E-state index < -0.39 is 18.0 Å². The van der Waals surface area contributed by atoms with Gasteiger partial charge in [-0.05, 0) is 26.3 Å². The average molecular weight is 203 g/mol. The molecule has 0 amide bonds. The molecule has 5 heteroatoms. The van der Waals surface area contributed by atoms with E-state index in [4.69, 9.17) is 5.11 Å². The molecule has 0 aromatic heterocycles. The Morgan fingerprint density at radius 3 is 2.64 bits per heavy atom. The Labute approximate surface area is 82.6 Å². The summed E-state index contributed by atoms with van der Waals surface area (Å²) in [4.78, 5) is 13.0. The molecule has 14 heavy (non-hydrogen) atoms. The molecule has 5 nitrogen and oxygen atoms in total. The van der Waals surface area contributed by atoms with Crippen LogP contribution in [-0.4, -0.2) is 51.8 Å². The number of aliphatic hydroxyl groups excluding tert-OH is 1. The Morgan fingerprint density at radius 1 is 1.43 bits per heavy atom. The van der Waals surface area contributed by atoms with Crippen molar-refractivity contribution in [1.82, 2.24) is 4.90 Å². The van der Waals surface area contributed by atoms with Crippen LogP contribution in [0.3, 0.4) is 0 Å². The number of carboxylic acid groups (broad SMARTS) is 1. The summed E-state index contributed by atoms with van der Waals surface area (Å²) in [6, 6.07) is 0.446. The molecule has 2 saturated heterocycles. The van der Waals surface area contributed by atoms with Gasteiger partial charge in [0.1, 0.15) is 0 Å². The number of piperidine rings is 1. The molecule has 2 aliphatic heterocycles. The van der Waals surface area contributed by atoms with Crippen LogP contribution in [0.4, 0.5) is 0 Å². The predicted octanol–water partition coefficient (Wildman–Crippen LogP) is -0.910. The minimum atomic E-state index is -0.857. The van der Waals surface area contributed by atoms with Gasteiger partial charge in [-0.2, -0.15) is 0 Å². The Morgan fingerprint density at radius 2 is 2.07 bits per heavy atom. The number of hydrogen-bond acceptors (Lipinski definition) is 3. The van der Waals surface area contributed by atoms with Crippen molar-refractivity contribution >= 4 is 5.97 Å². The van der Waals surface area contributed by atoms with E-state index in [9.17, 15) is 9.90 Å². The zero-order chi connectivity index (χ0) is 9.59. The van der Waals surface area contributed by atoms with E-state index >= 15 is 0 Å². The molecule has 0 saturated carbocycles. The maximum absolute atomic E-state index is 10.9. The molecular weight excluding hydrogens is 186 g/mol. The second kappa shape index (κ2) is 3.84. The molecule has 4 N–H and O–H groups in total. The topological polar surface area (TPSA) is 92.3 Å². The minimum Gasteiger partial charge on any atom is -0.481 e. The number of fused-ring (bicyclic) bond motifs is 2. The van der Waals surface area contributed by atoms with Gasteiger partial charge < -0.3 is 15.7 Å². The Bertz CT molecular complexity index is 233. The third-order valence-electron chi connectivity index (χ3n) is 3.52. The van der Waals surface area contributed by atoms with Crippen molar-refractivity contribution in [3.8, 4) is 0 Å². The van der Waals surface area contributed by atoms with Gasteiger partial charge in [-0.15, -0.1) is 0 Å². The Balaban J connectivity index is 0.000000980. The van der Waals surface area contributed by atoms with Crippen molar-refractivity contribution in [2.45, 2.75) is 37.5 Å². The highest BCUT2D eigenvalue weighted by atomic mass is 16.4. The number of carbonyl (C=O) groups is 1. The van der Waals surface area contributed by atoms with Crippen molar-refractivity contribution in [2.75, 3.05) is 7.05 Å². The Kier molecular flexibility index (Phi) is 3.14. The molecule has 2 aliphatic rings. The molecule has 0 aromatic carbocycles. The van der Waals surface area contributed by atoms with E-state index in [-0.39, 0.29) is 11.5 Å². The SMILES string of the molecule is CN1C2CCC1C(C(=O)O)[C@@H](O)C2.O.